The average Bonchev–Trinajstić information content (AvgIpc) is 2.74. The van der Waals surface area contributed by atoms with Crippen molar-refractivity contribution in [2.24, 2.45) is 0 Å². The van der Waals surface area contributed by atoms with Crippen molar-refractivity contribution >= 4 is 43.7 Å². The molecular weight excluding hydrogens is 428 g/mol. The van der Waals surface area contributed by atoms with Crippen molar-refractivity contribution in [2.45, 2.75) is 25.9 Å². The first kappa shape index (κ1) is 21.8. The van der Waals surface area contributed by atoms with E-state index in [1.165, 1.54) is 12.6 Å². The summed E-state index contributed by atoms with van der Waals surface area (Å²) in [7, 11) is -2.42. The highest BCUT2D eigenvalue weighted by Crippen LogP contribution is 2.33. The molecule has 1 unspecified atom stereocenters. The molecule has 0 spiro atoms. The van der Waals surface area contributed by atoms with Gasteiger partial charge in [0.25, 0.3) is 0 Å². The number of fused-ring (bicyclic) bond motifs is 1. The van der Waals surface area contributed by atoms with E-state index >= 15 is 0 Å². The molecule has 0 bridgehead atoms. The summed E-state index contributed by atoms with van der Waals surface area (Å²) in [4.78, 5) is 13.1. The quantitative estimate of drug-likeness (QED) is 0.547. The van der Waals surface area contributed by atoms with Gasteiger partial charge in [0, 0.05) is 39.9 Å². The van der Waals surface area contributed by atoms with Crippen molar-refractivity contribution < 1.29 is 13.7 Å². The molecule has 0 aliphatic carbocycles. The summed E-state index contributed by atoms with van der Waals surface area (Å²) in [5.41, 5.74) is 3.12. The number of hydrogen-bond donors (Lipinski definition) is 2. The van der Waals surface area contributed by atoms with Crippen molar-refractivity contribution in [3.05, 3.63) is 41.9 Å². The van der Waals surface area contributed by atoms with E-state index in [0.29, 0.717) is 41.8 Å². The third-order valence-corrected chi connectivity index (χ3v) is 5.61. The molecule has 2 aromatic heterocycles. The fourth-order valence-electron chi connectivity index (χ4n) is 3.56. The van der Waals surface area contributed by atoms with Crippen LogP contribution in [0.1, 0.15) is 24.1 Å². The monoisotopic (exact) mass is 452 g/mol. The van der Waals surface area contributed by atoms with E-state index in [2.05, 4.69) is 36.9 Å². The Kier molecular flexibility index (Phi) is 6.12. The molecule has 32 heavy (non-hydrogen) atoms. The third kappa shape index (κ3) is 5.07. The molecule has 0 radical (unpaired) electrons. The zero-order valence-corrected chi connectivity index (χ0v) is 18.7. The van der Waals surface area contributed by atoms with Gasteiger partial charge in [-0.15, -0.1) is 0 Å². The molecule has 10 heteroatoms. The lowest BCUT2D eigenvalue weighted by Gasteiger charge is -2.24. The van der Waals surface area contributed by atoms with Gasteiger partial charge < -0.3 is 19.5 Å². The zero-order chi connectivity index (χ0) is 22.7. The number of benzene rings is 1. The first-order chi connectivity index (χ1) is 15.3. The average molecular weight is 453 g/mol. The number of anilines is 3. The van der Waals surface area contributed by atoms with Gasteiger partial charge in [0.2, 0.25) is 5.88 Å². The minimum Gasteiger partial charge on any atom is -0.473 e. The molecule has 1 aliphatic heterocycles. The van der Waals surface area contributed by atoms with E-state index in [1.54, 1.807) is 18.2 Å². The molecule has 1 saturated heterocycles. The molecule has 1 aromatic carbocycles. The number of aromatic nitrogens is 3. The Bertz CT molecular complexity index is 1300. The van der Waals surface area contributed by atoms with Gasteiger partial charge in [-0.3, -0.25) is 0 Å². The topological polar surface area (TPSA) is 122 Å². The molecule has 1 atom stereocenters. The number of rotatable bonds is 6. The largest absolute Gasteiger partial charge is 0.473 e. The molecular formula is C22H24N6O3S. The van der Waals surface area contributed by atoms with E-state index < -0.39 is 9.71 Å². The second-order valence-electron chi connectivity index (χ2n) is 7.73. The summed E-state index contributed by atoms with van der Waals surface area (Å²) in [5, 5.41) is 13.4. The molecule has 2 N–H and O–H groups in total. The zero-order valence-electron chi connectivity index (χ0n) is 17.9. The third-order valence-electron chi connectivity index (χ3n) is 4.94. The minimum atomic E-state index is -2.42. The Morgan fingerprint density at radius 2 is 2.06 bits per heavy atom. The molecule has 4 rings (SSSR count). The lowest BCUT2D eigenvalue weighted by atomic mass is 10.1. The number of nitrogens with one attached hydrogen (secondary N) is 2. The summed E-state index contributed by atoms with van der Waals surface area (Å²) >= 11 is 0. The maximum atomic E-state index is 12.0. The van der Waals surface area contributed by atoms with Crippen molar-refractivity contribution in [3.8, 4) is 11.9 Å². The molecule has 3 heterocycles. The van der Waals surface area contributed by atoms with Crippen LogP contribution < -0.4 is 14.8 Å². The van der Waals surface area contributed by atoms with Crippen LogP contribution in [0.5, 0.6) is 5.88 Å². The van der Waals surface area contributed by atoms with E-state index in [0.717, 1.165) is 23.8 Å². The van der Waals surface area contributed by atoms with Crippen molar-refractivity contribution in [2.75, 3.05) is 29.5 Å². The Balaban J connectivity index is 1.70. The van der Waals surface area contributed by atoms with Crippen molar-refractivity contribution in [1.82, 2.24) is 15.0 Å². The van der Waals surface area contributed by atoms with Crippen LogP contribution in [0.3, 0.4) is 0 Å². The van der Waals surface area contributed by atoms with Crippen LogP contribution in [0.25, 0.3) is 10.9 Å². The van der Waals surface area contributed by atoms with E-state index in [9.17, 15) is 9.47 Å². The van der Waals surface area contributed by atoms with E-state index in [1.807, 2.05) is 13.0 Å². The van der Waals surface area contributed by atoms with Crippen LogP contribution in [-0.2, 0) is 14.4 Å². The van der Waals surface area contributed by atoms with Crippen molar-refractivity contribution in [3.63, 3.8) is 0 Å². The van der Waals surface area contributed by atoms with Crippen molar-refractivity contribution in [1.29, 1.82) is 5.26 Å². The van der Waals surface area contributed by atoms with Crippen LogP contribution in [0.4, 0.5) is 17.2 Å². The lowest BCUT2D eigenvalue weighted by molar-refractivity contribution is 0.0240. The number of nitriles is 1. The maximum Gasteiger partial charge on any atom is 0.239 e. The Labute approximate surface area is 187 Å². The highest BCUT2D eigenvalue weighted by Gasteiger charge is 2.19. The summed E-state index contributed by atoms with van der Waals surface area (Å²) in [6.45, 7) is 3.20. The van der Waals surface area contributed by atoms with Gasteiger partial charge in [0.1, 0.15) is 35.7 Å². The normalized spacial score (nSPS) is 16.2. The second kappa shape index (κ2) is 8.98. The minimum absolute atomic E-state index is 0.0326. The fourth-order valence-corrected chi connectivity index (χ4v) is 4.18. The van der Waals surface area contributed by atoms with Crippen LogP contribution in [-0.4, -0.2) is 50.6 Å². The molecule has 3 aromatic rings. The van der Waals surface area contributed by atoms with Crippen LogP contribution in [0, 0.1) is 18.3 Å². The predicted octanol–water partition coefficient (Wildman–Crippen LogP) is 3.18. The highest BCUT2D eigenvalue weighted by molar-refractivity contribution is 8.00. The predicted molar refractivity (Wildman–Crippen MR) is 126 cm³/mol. The van der Waals surface area contributed by atoms with Gasteiger partial charge in [0.05, 0.1) is 18.7 Å². The molecule has 1 aliphatic rings. The van der Waals surface area contributed by atoms with Gasteiger partial charge >= 0.3 is 0 Å². The Hall–Kier alpha value is -3.42. The SMILES string of the molecule is C=S(C)(=O)Nc1cc(C)c2c(Nc3ccc(C#N)nc3OC3CCOCC3)ncnc2c1. The summed E-state index contributed by atoms with van der Waals surface area (Å²) in [6, 6.07) is 9.12. The molecule has 9 nitrogen and oxygen atoms in total. The molecule has 0 saturated carbocycles. The molecule has 166 valence electrons. The highest BCUT2D eigenvalue weighted by atomic mass is 32.2. The Morgan fingerprint density at radius 1 is 1.28 bits per heavy atom. The van der Waals surface area contributed by atoms with Crippen LogP contribution in [0.2, 0.25) is 0 Å². The summed E-state index contributed by atoms with van der Waals surface area (Å²) in [5.74, 6) is 4.57. The summed E-state index contributed by atoms with van der Waals surface area (Å²) in [6.07, 6.45) is 4.48. The van der Waals surface area contributed by atoms with Gasteiger partial charge in [-0.25, -0.2) is 19.2 Å². The fraction of sp³-hybridized carbons (Fsp3) is 0.318. The first-order valence-corrected chi connectivity index (χ1v) is 12.2. The number of ether oxygens (including phenoxy) is 2. The van der Waals surface area contributed by atoms with Crippen LogP contribution in [0.15, 0.2) is 30.6 Å². The lowest BCUT2D eigenvalue weighted by Crippen LogP contribution is -2.26. The second-order valence-corrected chi connectivity index (χ2v) is 9.95. The number of nitrogens with zero attached hydrogens (tertiary/aromatic N) is 4. The number of aryl methyl sites for hydroxylation is 1. The van der Waals surface area contributed by atoms with Gasteiger partial charge in [-0.2, -0.15) is 5.26 Å². The maximum absolute atomic E-state index is 12.0. The molecule has 1 fully saturated rings. The van der Waals surface area contributed by atoms with Gasteiger partial charge in [0.15, 0.2) is 0 Å². The Morgan fingerprint density at radius 3 is 2.78 bits per heavy atom. The summed E-state index contributed by atoms with van der Waals surface area (Å²) < 4.78 is 26.5. The first-order valence-electron chi connectivity index (χ1n) is 10.1. The van der Waals surface area contributed by atoms with E-state index in [4.69, 9.17) is 9.47 Å². The van der Waals surface area contributed by atoms with Gasteiger partial charge in [-0.1, -0.05) is 0 Å². The van der Waals surface area contributed by atoms with Gasteiger partial charge in [-0.05, 0) is 42.6 Å². The van der Waals surface area contributed by atoms with Crippen LogP contribution >= 0.6 is 0 Å². The number of hydrogen-bond acceptors (Lipinski definition) is 8. The molecule has 0 amide bonds. The number of pyridine rings is 1. The smallest absolute Gasteiger partial charge is 0.239 e. The standard InChI is InChI=1S/C22H24N6O3S/c1-14-10-16(28-32(2,3)29)11-19-20(14)21(25-13-24-19)27-18-5-4-15(12-23)26-22(18)31-17-6-8-30-9-7-17/h4-5,10-11,13,17H,2,6-9H2,1,3H3,(H,28,29)(H,24,25,27). The van der Waals surface area contributed by atoms with E-state index in [-0.39, 0.29) is 11.8 Å².